The number of hydrogen-bond donors (Lipinski definition) is 2. The van der Waals surface area contributed by atoms with E-state index in [0.717, 1.165) is 22.6 Å². The summed E-state index contributed by atoms with van der Waals surface area (Å²) in [5.74, 6) is 1.10. The molecule has 0 fully saturated rings. The Morgan fingerprint density at radius 3 is 2.20 bits per heavy atom. The predicted octanol–water partition coefficient (Wildman–Crippen LogP) is 4.82. The smallest absolute Gasteiger partial charge is 0.253 e. The molecule has 0 saturated carbocycles. The van der Waals surface area contributed by atoms with Gasteiger partial charge in [-0.15, -0.1) is 5.10 Å². The Labute approximate surface area is 151 Å². The van der Waals surface area contributed by atoms with Gasteiger partial charge < -0.3 is 8.92 Å². The maximum absolute atomic E-state index is 9.67. The van der Waals surface area contributed by atoms with E-state index in [1.807, 2.05) is 63.6 Å². The first-order valence-electron chi connectivity index (χ1n) is 8.33. The van der Waals surface area contributed by atoms with E-state index < -0.39 is 10.9 Å². The van der Waals surface area contributed by atoms with E-state index in [9.17, 15) is 9.11 Å². The van der Waals surface area contributed by atoms with Crippen LogP contribution in [0.4, 0.5) is 0 Å². The number of ether oxygens (including phenoxy) is 1. The third kappa shape index (κ3) is 5.39. The van der Waals surface area contributed by atoms with Gasteiger partial charge in [-0.1, -0.05) is 12.1 Å². The zero-order valence-corrected chi connectivity index (χ0v) is 16.5. The van der Waals surface area contributed by atoms with E-state index in [1.165, 1.54) is 6.26 Å². The summed E-state index contributed by atoms with van der Waals surface area (Å²) < 4.78 is 32.2. The van der Waals surface area contributed by atoms with Gasteiger partial charge in [0.25, 0.3) is 5.88 Å². The summed E-state index contributed by atoms with van der Waals surface area (Å²) in [6, 6.07) is 8.02. The van der Waals surface area contributed by atoms with Crippen LogP contribution in [0, 0.1) is 6.92 Å². The Hall–Kier alpha value is -1.70. The van der Waals surface area contributed by atoms with Gasteiger partial charge in [0.05, 0.1) is 6.10 Å². The SMILES string of the molecule is Cc1c(Cc2ccc(OC(C)C)cc2)c(OS(C)(O)O)nn1C(C)C. The van der Waals surface area contributed by atoms with Gasteiger partial charge >= 0.3 is 0 Å². The third-order valence-corrected chi connectivity index (χ3v) is 4.11. The minimum Gasteiger partial charge on any atom is -0.491 e. The fraction of sp³-hybridized carbons (Fsp3) is 0.500. The number of nitrogens with zero attached hydrogens (tertiary/aromatic N) is 2. The Bertz CT molecular complexity index is 703. The zero-order valence-electron chi connectivity index (χ0n) is 15.7. The summed E-state index contributed by atoms with van der Waals surface area (Å²) in [7, 11) is -3.14. The molecule has 1 aromatic heterocycles. The van der Waals surface area contributed by atoms with Crippen molar-refractivity contribution in [2.45, 2.75) is 53.2 Å². The van der Waals surface area contributed by atoms with Crippen molar-refractivity contribution in [1.82, 2.24) is 9.78 Å². The first kappa shape index (κ1) is 19.6. The van der Waals surface area contributed by atoms with Crippen molar-refractivity contribution < 1.29 is 18.0 Å². The molecular formula is C18H28N2O4S. The number of hydrogen-bond acceptors (Lipinski definition) is 5. The zero-order chi connectivity index (χ0) is 18.8. The van der Waals surface area contributed by atoms with E-state index in [1.54, 1.807) is 0 Å². The molecule has 0 radical (unpaired) electrons. The minimum atomic E-state index is -3.14. The van der Waals surface area contributed by atoms with Crippen molar-refractivity contribution in [3.8, 4) is 11.6 Å². The standard InChI is InChI=1S/C18H28N2O4S/c1-12(2)20-14(5)17(18(19-20)24-25(6,21)22)11-15-7-9-16(10-8-15)23-13(3)4/h7-10,12-13,21-22H,11H2,1-6H3. The normalized spacial score (nSPS) is 12.7. The molecule has 0 saturated heterocycles. The lowest BCUT2D eigenvalue weighted by atomic mass is 10.1. The summed E-state index contributed by atoms with van der Waals surface area (Å²) in [4.78, 5) is 0. The third-order valence-electron chi connectivity index (χ3n) is 3.64. The molecule has 2 aromatic rings. The first-order chi connectivity index (χ1) is 11.6. The quantitative estimate of drug-likeness (QED) is 0.732. The van der Waals surface area contributed by atoms with Gasteiger partial charge in [0, 0.05) is 30.0 Å². The Morgan fingerprint density at radius 2 is 1.72 bits per heavy atom. The molecule has 1 aromatic carbocycles. The fourth-order valence-corrected chi connectivity index (χ4v) is 3.04. The van der Waals surface area contributed by atoms with E-state index in [4.69, 9.17) is 8.92 Å². The van der Waals surface area contributed by atoms with Crippen molar-refractivity contribution in [3.63, 3.8) is 0 Å². The molecule has 0 atom stereocenters. The molecule has 1 heterocycles. The molecule has 25 heavy (non-hydrogen) atoms. The van der Waals surface area contributed by atoms with Crippen LogP contribution in [0.1, 0.15) is 50.6 Å². The highest BCUT2D eigenvalue weighted by molar-refractivity contribution is 8.19. The van der Waals surface area contributed by atoms with E-state index in [0.29, 0.717) is 6.42 Å². The summed E-state index contributed by atoms with van der Waals surface area (Å²) >= 11 is 0. The average molecular weight is 368 g/mol. The minimum absolute atomic E-state index is 0.132. The van der Waals surface area contributed by atoms with Gasteiger partial charge in [-0.25, -0.2) is 0 Å². The van der Waals surface area contributed by atoms with Crippen LogP contribution in [-0.2, 0) is 6.42 Å². The van der Waals surface area contributed by atoms with Gasteiger partial charge in [-0.3, -0.25) is 13.8 Å². The Balaban J connectivity index is 2.30. The van der Waals surface area contributed by atoms with Crippen molar-refractivity contribution in [3.05, 3.63) is 41.1 Å². The number of aromatic nitrogens is 2. The van der Waals surface area contributed by atoms with Gasteiger partial charge in [-0.2, -0.15) is 0 Å². The molecular weight excluding hydrogens is 340 g/mol. The summed E-state index contributed by atoms with van der Waals surface area (Å²) in [6.45, 7) is 9.99. The second-order valence-corrected chi connectivity index (χ2v) is 8.43. The maximum Gasteiger partial charge on any atom is 0.253 e. The first-order valence-corrected chi connectivity index (χ1v) is 10.2. The highest BCUT2D eigenvalue weighted by Gasteiger charge is 2.22. The van der Waals surface area contributed by atoms with Crippen LogP contribution in [0.3, 0.4) is 0 Å². The molecule has 0 aliphatic heterocycles. The lowest BCUT2D eigenvalue weighted by Crippen LogP contribution is -2.06. The van der Waals surface area contributed by atoms with Crippen molar-refractivity contribution in [2.24, 2.45) is 0 Å². The molecule has 2 N–H and O–H groups in total. The Morgan fingerprint density at radius 1 is 1.12 bits per heavy atom. The van der Waals surface area contributed by atoms with Crippen molar-refractivity contribution in [1.29, 1.82) is 0 Å². The second-order valence-electron chi connectivity index (χ2n) is 6.74. The highest BCUT2D eigenvalue weighted by Crippen LogP contribution is 2.39. The van der Waals surface area contributed by atoms with Crippen LogP contribution in [-0.4, -0.2) is 31.2 Å². The van der Waals surface area contributed by atoms with Crippen LogP contribution in [0.2, 0.25) is 0 Å². The largest absolute Gasteiger partial charge is 0.491 e. The molecule has 140 valence electrons. The average Bonchev–Trinajstić information content (AvgIpc) is 2.76. The molecule has 0 amide bonds. The molecule has 0 aliphatic carbocycles. The molecule has 2 rings (SSSR count). The predicted molar refractivity (Wildman–Crippen MR) is 102 cm³/mol. The van der Waals surface area contributed by atoms with E-state index in [2.05, 4.69) is 5.10 Å². The van der Waals surface area contributed by atoms with Crippen LogP contribution in [0.15, 0.2) is 24.3 Å². The lowest BCUT2D eigenvalue weighted by molar-refractivity contribution is 0.242. The van der Waals surface area contributed by atoms with E-state index in [-0.39, 0.29) is 18.0 Å². The molecule has 0 unspecified atom stereocenters. The van der Waals surface area contributed by atoms with Crippen LogP contribution >= 0.6 is 10.9 Å². The maximum atomic E-state index is 9.67. The van der Waals surface area contributed by atoms with Crippen molar-refractivity contribution >= 4 is 10.9 Å². The highest BCUT2D eigenvalue weighted by atomic mass is 32.3. The second kappa shape index (κ2) is 7.68. The topological polar surface area (TPSA) is 76.7 Å². The van der Waals surface area contributed by atoms with E-state index >= 15 is 0 Å². The van der Waals surface area contributed by atoms with Gasteiger partial charge in [0.2, 0.25) is 0 Å². The fourth-order valence-electron chi connectivity index (χ4n) is 2.61. The molecule has 7 heteroatoms. The molecule has 6 nitrogen and oxygen atoms in total. The van der Waals surface area contributed by atoms with Gasteiger partial charge in [0.15, 0.2) is 0 Å². The Kier molecular flexibility index (Phi) is 6.03. The van der Waals surface area contributed by atoms with Gasteiger partial charge in [-0.05, 0) is 52.3 Å². The monoisotopic (exact) mass is 368 g/mol. The van der Waals surface area contributed by atoms with Crippen LogP contribution in [0.5, 0.6) is 11.6 Å². The lowest BCUT2D eigenvalue weighted by Gasteiger charge is -2.21. The molecule has 0 spiro atoms. The van der Waals surface area contributed by atoms with Crippen LogP contribution in [0.25, 0.3) is 0 Å². The van der Waals surface area contributed by atoms with Gasteiger partial charge in [0.1, 0.15) is 16.6 Å². The molecule has 0 aliphatic rings. The summed E-state index contributed by atoms with van der Waals surface area (Å²) in [6.07, 6.45) is 1.97. The van der Waals surface area contributed by atoms with Crippen molar-refractivity contribution in [2.75, 3.05) is 6.26 Å². The number of rotatable bonds is 7. The van der Waals surface area contributed by atoms with Crippen LogP contribution < -0.4 is 8.92 Å². The summed E-state index contributed by atoms with van der Waals surface area (Å²) in [5.41, 5.74) is 2.88. The number of benzene rings is 1. The summed E-state index contributed by atoms with van der Waals surface area (Å²) in [5, 5.41) is 4.42. The molecule has 0 bridgehead atoms.